The van der Waals surface area contributed by atoms with E-state index in [0.717, 1.165) is 60.4 Å². The van der Waals surface area contributed by atoms with E-state index in [1.165, 1.54) is 7.11 Å². The SMILES string of the molecule is CCN(c1cc(-c2ccc(OCCOC)cc2)cc(C(=O)NCc2c(OC)cc(C)[nH]c2=O)c1C)C1CCC(N(C)C)CC1. The van der Waals surface area contributed by atoms with Gasteiger partial charge in [-0.2, -0.15) is 0 Å². The molecule has 0 atom stereocenters. The first-order valence-corrected chi connectivity index (χ1v) is 15.5. The Morgan fingerprint density at radius 3 is 2.25 bits per heavy atom. The van der Waals surface area contributed by atoms with E-state index in [1.54, 1.807) is 20.1 Å². The minimum absolute atomic E-state index is 0.0518. The Hall–Kier alpha value is -3.82. The van der Waals surface area contributed by atoms with Gasteiger partial charge in [0.15, 0.2) is 0 Å². The van der Waals surface area contributed by atoms with Crippen molar-refractivity contribution in [3.8, 4) is 22.6 Å². The van der Waals surface area contributed by atoms with E-state index in [0.29, 0.717) is 47.9 Å². The fourth-order valence-corrected chi connectivity index (χ4v) is 6.20. The third-order valence-electron chi connectivity index (χ3n) is 8.73. The van der Waals surface area contributed by atoms with E-state index in [4.69, 9.17) is 14.2 Å². The average molecular weight is 605 g/mol. The molecule has 1 heterocycles. The number of benzene rings is 2. The molecule has 2 aromatic carbocycles. The minimum atomic E-state index is -0.272. The number of carbonyl (C=O) groups excluding carboxylic acids is 1. The van der Waals surface area contributed by atoms with Crippen molar-refractivity contribution in [2.24, 2.45) is 0 Å². The summed E-state index contributed by atoms with van der Waals surface area (Å²) in [4.78, 5) is 34.1. The highest BCUT2D eigenvalue weighted by atomic mass is 16.5. The molecule has 3 aromatic rings. The number of ether oxygens (including phenoxy) is 3. The molecule has 1 amide bonds. The molecule has 4 rings (SSSR count). The quantitative estimate of drug-likeness (QED) is 0.255. The second kappa shape index (κ2) is 15.3. The molecule has 44 heavy (non-hydrogen) atoms. The van der Waals surface area contributed by atoms with Crippen molar-refractivity contribution >= 4 is 11.6 Å². The highest BCUT2D eigenvalue weighted by molar-refractivity contribution is 5.99. The van der Waals surface area contributed by atoms with E-state index >= 15 is 0 Å². The Balaban J connectivity index is 1.69. The van der Waals surface area contributed by atoms with Crippen LogP contribution in [-0.4, -0.2) is 75.9 Å². The van der Waals surface area contributed by atoms with Gasteiger partial charge in [-0.1, -0.05) is 12.1 Å². The molecule has 9 nitrogen and oxygen atoms in total. The maximum atomic E-state index is 13.8. The molecule has 0 aliphatic heterocycles. The molecular weight excluding hydrogens is 556 g/mol. The standard InChI is InChI=1S/C35H48N4O5/c1-8-39(28-13-11-27(12-14-28)38(4)5)32-21-26(25-9-15-29(16-10-25)44-18-17-42-6)20-30(24(32)3)34(40)36-22-31-33(43-7)19-23(2)37-35(31)41/h9-10,15-16,19-21,27-28H,8,11-14,17-18,22H2,1-7H3,(H,36,40)(H,37,41). The number of hydrogen-bond acceptors (Lipinski definition) is 7. The van der Waals surface area contributed by atoms with E-state index in [1.807, 2.05) is 37.3 Å². The maximum Gasteiger partial charge on any atom is 0.256 e. The molecular formula is C35H48N4O5. The van der Waals surface area contributed by atoms with Gasteiger partial charge < -0.3 is 34.3 Å². The van der Waals surface area contributed by atoms with Crippen LogP contribution in [0.5, 0.6) is 11.5 Å². The van der Waals surface area contributed by atoms with Crippen LogP contribution in [0, 0.1) is 13.8 Å². The topological polar surface area (TPSA) is 96.1 Å². The molecule has 0 bridgehead atoms. The molecule has 1 aliphatic carbocycles. The maximum absolute atomic E-state index is 13.8. The molecule has 0 saturated heterocycles. The number of anilines is 1. The van der Waals surface area contributed by atoms with Crippen LogP contribution in [0.3, 0.4) is 0 Å². The number of nitrogens with zero attached hydrogens (tertiary/aromatic N) is 2. The van der Waals surface area contributed by atoms with Gasteiger partial charge in [-0.3, -0.25) is 9.59 Å². The average Bonchev–Trinajstić information content (AvgIpc) is 3.02. The first-order chi connectivity index (χ1) is 21.2. The number of amides is 1. The van der Waals surface area contributed by atoms with Crippen LogP contribution in [0.1, 0.15) is 59.8 Å². The summed E-state index contributed by atoms with van der Waals surface area (Å²) in [6, 6.07) is 14.9. The Labute approximate surface area is 261 Å². The van der Waals surface area contributed by atoms with Gasteiger partial charge in [0.25, 0.3) is 11.5 Å². The van der Waals surface area contributed by atoms with Crippen molar-refractivity contribution in [1.82, 2.24) is 15.2 Å². The normalized spacial score (nSPS) is 16.5. The summed E-state index contributed by atoms with van der Waals surface area (Å²) in [5.41, 5.74) is 5.32. The van der Waals surface area contributed by atoms with E-state index < -0.39 is 0 Å². The largest absolute Gasteiger partial charge is 0.496 e. The van der Waals surface area contributed by atoms with Gasteiger partial charge in [-0.15, -0.1) is 0 Å². The van der Waals surface area contributed by atoms with Crippen molar-refractivity contribution in [2.45, 2.75) is 65.1 Å². The number of pyridine rings is 1. The first-order valence-electron chi connectivity index (χ1n) is 15.5. The molecule has 1 fully saturated rings. The summed E-state index contributed by atoms with van der Waals surface area (Å²) >= 11 is 0. The Bertz CT molecular complexity index is 1460. The highest BCUT2D eigenvalue weighted by Gasteiger charge is 2.28. The lowest BCUT2D eigenvalue weighted by atomic mass is 9.88. The second-order valence-electron chi connectivity index (χ2n) is 11.8. The van der Waals surface area contributed by atoms with Crippen LogP contribution < -0.4 is 25.2 Å². The molecule has 1 saturated carbocycles. The lowest BCUT2D eigenvalue weighted by Crippen LogP contribution is -2.42. The van der Waals surface area contributed by atoms with Gasteiger partial charge in [0.1, 0.15) is 18.1 Å². The fraction of sp³-hybridized carbons (Fsp3) is 0.486. The number of hydrogen-bond donors (Lipinski definition) is 2. The van der Waals surface area contributed by atoms with Crippen molar-refractivity contribution < 1.29 is 19.0 Å². The van der Waals surface area contributed by atoms with Gasteiger partial charge in [-0.25, -0.2) is 0 Å². The Kier molecular flexibility index (Phi) is 11.5. The van der Waals surface area contributed by atoms with Crippen molar-refractivity contribution in [3.63, 3.8) is 0 Å². The van der Waals surface area contributed by atoms with Crippen molar-refractivity contribution in [2.75, 3.05) is 53.0 Å². The molecule has 2 N–H and O–H groups in total. The number of H-pyrrole nitrogens is 1. The zero-order valence-corrected chi connectivity index (χ0v) is 27.3. The van der Waals surface area contributed by atoms with Gasteiger partial charge in [0, 0.05) is 42.7 Å². The molecule has 1 aromatic heterocycles. The number of methoxy groups -OCH3 is 2. The van der Waals surface area contributed by atoms with E-state index in [9.17, 15) is 9.59 Å². The first kappa shape index (κ1) is 33.1. The summed E-state index contributed by atoms with van der Waals surface area (Å²) in [6.45, 7) is 7.89. The lowest BCUT2D eigenvalue weighted by molar-refractivity contribution is 0.0950. The smallest absolute Gasteiger partial charge is 0.256 e. The second-order valence-corrected chi connectivity index (χ2v) is 11.8. The molecule has 9 heteroatoms. The van der Waals surface area contributed by atoms with E-state index in [-0.39, 0.29) is 18.0 Å². The number of rotatable bonds is 13. The van der Waals surface area contributed by atoms with Crippen LogP contribution in [0.15, 0.2) is 47.3 Å². The molecule has 0 unspecified atom stereocenters. The summed E-state index contributed by atoms with van der Waals surface area (Å²) in [5, 5.41) is 2.99. The predicted octanol–water partition coefficient (Wildman–Crippen LogP) is 5.32. The van der Waals surface area contributed by atoms with E-state index in [2.05, 4.69) is 47.2 Å². The summed E-state index contributed by atoms with van der Waals surface area (Å²) in [6.07, 6.45) is 4.51. The van der Waals surface area contributed by atoms with Gasteiger partial charge in [-0.05, 0) is 108 Å². The molecule has 1 aliphatic rings. The third-order valence-corrected chi connectivity index (χ3v) is 8.73. The van der Waals surface area contributed by atoms with Crippen molar-refractivity contribution in [3.05, 3.63) is 75.2 Å². The summed E-state index contributed by atoms with van der Waals surface area (Å²) in [7, 11) is 7.50. The van der Waals surface area contributed by atoms with Crippen molar-refractivity contribution in [1.29, 1.82) is 0 Å². The van der Waals surface area contributed by atoms with Crippen LogP contribution in [-0.2, 0) is 11.3 Å². The van der Waals surface area contributed by atoms with Gasteiger partial charge >= 0.3 is 0 Å². The zero-order chi connectivity index (χ0) is 31.8. The van der Waals surface area contributed by atoms with Crippen LogP contribution in [0.4, 0.5) is 5.69 Å². The predicted molar refractivity (Wildman–Crippen MR) is 176 cm³/mol. The van der Waals surface area contributed by atoms with Crippen LogP contribution >= 0.6 is 0 Å². The third kappa shape index (κ3) is 7.81. The number of carbonyl (C=O) groups is 1. The summed E-state index contributed by atoms with van der Waals surface area (Å²) in [5.74, 6) is 0.983. The number of aromatic nitrogens is 1. The van der Waals surface area contributed by atoms with Gasteiger partial charge in [0.05, 0.1) is 25.8 Å². The minimum Gasteiger partial charge on any atom is -0.496 e. The van der Waals surface area contributed by atoms with Crippen LogP contribution in [0.25, 0.3) is 11.1 Å². The fourth-order valence-electron chi connectivity index (χ4n) is 6.20. The Morgan fingerprint density at radius 1 is 0.955 bits per heavy atom. The Morgan fingerprint density at radius 2 is 1.64 bits per heavy atom. The van der Waals surface area contributed by atoms with Gasteiger partial charge in [0.2, 0.25) is 0 Å². The number of aromatic amines is 1. The van der Waals surface area contributed by atoms with Crippen LogP contribution in [0.2, 0.25) is 0 Å². The lowest BCUT2D eigenvalue weighted by Gasteiger charge is -2.40. The summed E-state index contributed by atoms with van der Waals surface area (Å²) < 4.78 is 16.3. The highest BCUT2D eigenvalue weighted by Crippen LogP contribution is 2.36. The molecule has 0 radical (unpaired) electrons. The number of aryl methyl sites for hydroxylation is 1. The number of nitrogens with one attached hydrogen (secondary N) is 2. The zero-order valence-electron chi connectivity index (χ0n) is 27.3. The molecule has 0 spiro atoms. The monoisotopic (exact) mass is 604 g/mol. The molecule has 238 valence electrons.